The predicted octanol–water partition coefficient (Wildman–Crippen LogP) is 1.66. The molecule has 0 atom stereocenters. The van der Waals surface area contributed by atoms with Gasteiger partial charge in [0.1, 0.15) is 0 Å². The highest BCUT2D eigenvalue weighted by molar-refractivity contribution is 5.85. The predicted molar refractivity (Wildman–Crippen MR) is 87.7 cm³/mol. The number of hydrogen-bond acceptors (Lipinski definition) is 3. The molecule has 0 unspecified atom stereocenters. The van der Waals surface area contributed by atoms with Gasteiger partial charge in [-0.25, -0.2) is 0 Å². The van der Waals surface area contributed by atoms with Crippen LogP contribution in [0, 0.1) is 0 Å². The van der Waals surface area contributed by atoms with E-state index in [1.54, 1.807) is 0 Å². The fourth-order valence-electron chi connectivity index (χ4n) is 2.70. The summed E-state index contributed by atoms with van der Waals surface area (Å²) in [5.74, 6) is 0.364. The van der Waals surface area contributed by atoms with E-state index in [-0.39, 0.29) is 24.2 Å². The summed E-state index contributed by atoms with van der Waals surface area (Å²) in [7, 11) is 1.97. The minimum Gasteiger partial charge on any atom is -0.343 e. The Hall–Kier alpha value is -0.810. The number of nitrogens with one attached hydrogen (secondary N) is 1. The molecule has 21 heavy (non-hydrogen) atoms. The van der Waals surface area contributed by atoms with E-state index < -0.39 is 0 Å². The molecule has 6 heteroatoms. The molecular formula is C15H30ClN3O2. The lowest BCUT2D eigenvalue weighted by Gasteiger charge is -2.32. The topological polar surface area (TPSA) is 52.7 Å². The van der Waals surface area contributed by atoms with Crippen LogP contribution in [0.15, 0.2) is 0 Å². The highest BCUT2D eigenvalue weighted by atomic mass is 35.5. The summed E-state index contributed by atoms with van der Waals surface area (Å²) in [5, 5.41) is 3.26. The van der Waals surface area contributed by atoms with Crippen molar-refractivity contribution in [1.29, 1.82) is 0 Å². The first-order chi connectivity index (χ1) is 9.62. The minimum absolute atomic E-state index is 0. The van der Waals surface area contributed by atoms with Crippen LogP contribution in [-0.2, 0) is 9.59 Å². The SMILES string of the molecule is CCN(CC)C(=O)CCCC(=O)N1CCC(NC)CC1.Cl. The van der Waals surface area contributed by atoms with E-state index in [2.05, 4.69) is 5.32 Å². The highest BCUT2D eigenvalue weighted by Gasteiger charge is 2.21. The Bertz CT molecular complexity index is 314. The van der Waals surface area contributed by atoms with E-state index in [0.717, 1.165) is 39.0 Å². The molecule has 0 aromatic rings. The second kappa shape index (κ2) is 10.9. The van der Waals surface area contributed by atoms with Crippen LogP contribution in [0.2, 0.25) is 0 Å². The zero-order valence-corrected chi connectivity index (χ0v) is 14.4. The second-order valence-corrected chi connectivity index (χ2v) is 5.36. The molecule has 1 aliphatic rings. The normalized spacial score (nSPS) is 15.5. The number of likely N-dealkylation sites (tertiary alicyclic amines) is 1. The van der Waals surface area contributed by atoms with Gasteiger partial charge in [0.15, 0.2) is 0 Å². The summed E-state index contributed by atoms with van der Waals surface area (Å²) in [5.41, 5.74) is 0. The molecule has 0 aromatic carbocycles. The maximum Gasteiger partial charge on any atom is 0.222 e. The van der Waals surface area contributed by atoms with Crippen molar-refractivity contribution in [3.63, 3.8) is 0 Å². The molecule has 0 aromatic heterocycles. The third-order valence-corrected chi connectivity index (χ3v) is 4.15. The van der Waals surface area contributed by atoms with Gasteiger partial charge in [0.2, 0.25) is 11.8 Å². The Morgan fingerprint density at radius 2 is 1.71 bits per heavy atom. The van der Waals surface area contributed by atoms with Crippen LogP contribution in [0.4, 0.5) is 0 Å². The first-order valence-electron chi connectivity index (χ1n) is 7.85. The van der Waals surface area contributed by atoms with E-state index >= 15 is 0 Å². The molecule has 124 valence electrons. The van der Waals surface area contributed by atoms with Gasteiger partial charge < -0.3 is 15.1 Å². The first-order valence-corrected chi connectivity index (χ1v) is 7.85. The number of rotatable bonds is 7. The third-order valence-electron chi connectivity index (χ3n) is 4.15. The molecule has 0 spiro atoms. The molecule has 2 amide bonds. The van der Waals surface area contributed by atoms with E-state index in [9.17, 15) is 9.59 Å². The number of amides is 2. The maximum atomic E-state index is 12.1. The smallest absolute Gasteiger partial charge is 0.222 e. The van der Waals surface area contributed by atoms with Crippen molar-refractivity contribution < 1.29 is 9.59 Å². The molecule has 0 bridgehead atoms. The van der Waals surface area contributed by atoms with Gasteiger partial charge in [0, 0.05) is 45.1 Å². The van der Waals surface area contributed by atoms with Crippen molar-refractivity contribution in [2.45, 2.75) is 52.0 Å². The van der Waals surface area contributed by atoms with Crippen molar-refractivity contribution >= 4 is 24.2 Å². The minimum atomic E-state index is 0. The summed E-state index contributed by atoms with van der Waals surface area (Å²) in [4.78, 5) is 27.7. The van der Waals surface area contributed by atoms with E-state index in [4.69, 9.17) is 0 Å². The summed E-state index contributed by atoms with van der Waals surface area (Å²) >= 11 is 0. The lowest BCUT2D eigenvalue weighted by molar-refractivity contribution is -0.133. The summed E-state index contributed by atoms with van der Waals surface area (Å²) in [6.07, 6.45) is 3.71. The zero-order chi connectivity index (χ0) is 15.0. The largest absolute Gasteiger partial charge is 0.343 e. The summed E-state index contributed by atoms with van der Waals surface area (Å²) in [6, 6.07) is 0.545. The fraction of sp³-hybridized carbons (Fsp3) is 0.867. The average Bonchev–Trinajstić information content (AvgIpc) is 2.48. The average molecular weight is 320 g/mol. The van der Waals surface area contributed by atoms with Gasteiger partial charge in [-0.05, 0) is 40.2 Å². The molecule has 1 fully saturated rings. The van der Waals surface area contributed by atoms with Crippen LogP contribution in [0.5, 0.6) is 0 Å². The van der Waals surface area contributed by atoms with Crippen LogP contribution in [-0.4, -0.2) is 60.9 Å². The summed E-state index contributed by atoms with van der Waals surface area (Å²) < 4.78 is 0. The molecule has 0 radical (unpaired) electrons. The van der Waals surface area contributed by atoms with Crippen LogP contribution < -0.4 is 5.32 Å². The van der Waals surface area contributed by atoms with Gasteiger partial charge >= 0.3 is 0 Å². The van der Waals surface area contributed by atoms with E-state index in [1.165, 1.54) is 0 Å². The standard InChI is InChI=1S/C15H29N3O2.ClH/c1-4-17(5-2)14(19)7-6-8-15(20)18-11-9-13(16-3)10-12-18;/h13,16H,4-12H2,1-3H3;1H. The molecule has 1 saturated heterocycles. The Morgan fingerprint density at radius 1 is 1.14 bits per heavy atom. The van der Waals surface area contributed by atoms with Crippen molar-refractivity contribution in [2.24, 2.45) is 0 Å². The van der Waals surface area contributed by atoms with Crippen molar-refractivity contribution in [2.75, 3.05) is 33.2 Å². The number of halogens is 1. The van der Waals surface area contributed by atoms with Gasteiger partial charge in [-0.15, -0.1) is 12.4 Å². The molecule has 1 rings (SSSR count). The molecule has 1 N–H and O–H groups in total. The highest BCUT2D eigenvalue weighted by Crippen LogP contribution is 2.12. The van der Waals surface area contributed by atoms with Gasteiger partial charge in [0.05, 0.1) is 0 Å². The van der Waals surface area contributed by atoms with Crippen molar-refractivity contribution in [3.8, 4) is 0 Å². The van der Waals surface area contributed by atoms with Crippen LogP contribution >= 0.6 is 12.4 Å². The van der Waals surface area contributed by atoms with Gasteiger partial charge in [-0.1, -0.05) is 0 Å². The summed E-state index contributed by atoms with van der Waals surface area (Å²) in [6.45, 7) is 7.15. The quantitative estimate of drug-likeness (QED) is 0.776. The number of hydrogen-bond donors (Lipinski definition) is 1. The van der Waals surface area contributed by atoms with Crippen LogP contribution in [0.1, 0.15) is 46.0 Å². The Labute approximate surface area is 134 Å². The first kappa shape index (κ1) is 20.2. The monoisotopic (exact) mass is 319 g/mol. The number of piperidine rings is 1. The molecule has 0 aliphatic carbocycles. The van der Waals surface area contributed by atoms with Gasteiger partial charge in [0.25, 0.3) is 0 Å². The zero-order valence-electron chi connectivity index (χ0n) is 13.6. The number of nitrogens with zero attached hydrogens (tertiary/aromatic N) is 2. The maximum absolute atomic E-state index is 12.1. The Balaban J connectivity index is 0.00000400. The van der Waals surface area contributed by atoms with Crippen LogP contribution in [0.25, 0.3) is 0 Å². The molecule has 0 saturated carbocycles. The van der Waals surface area contributed by atoms with E-state index in [0.29, 0.717) is 25.3 Å². The fourth-order valence-corrected chi connectivity index (χ4v) is 2.70. The number of carbonyl (C=O) groups excluding carboxylic acids is 2. The van der Waals surface area contributed by atoms with Crippen molar-refractivity contribution in [1.82, 2.24) is 15.1 Å². The Kier molecular flexibility index (Phi) is 10.4. The number of carbonyl (C=O) groups is 2. The van der Waals surface area contributed by atoms with E-state index in [1.807, 2.05) is 30.7 Å². The second-order valence-electron chi connectivity index (χ2n) is 5.36. The van der Waals surface area contributed by atoms with Crippen LogP contribution in [0.3, 0.4) is 0 Å². The lowest BCUT2D eigenvalue weighted by Crippen LogP contribution is -2.43. The van der Waals surface area contributed by atoms with Gasteiger partial charge in [-0.2, -0.15) is 0 Å². The molecule has 1 aliphatic heterocycles. The third kappa shape index (κ3) is 6.66. The van der Waals surface area contributed by atoms with Crippen molar-refractivity contribution in [3.05, 3.63) is 0 Å². The molecule has 1 heterocycles. The Morgan fingerprint density at radius 3 is 2.19 bits per heavy atom. The molecular weight excluding hydrogens is 290 g/mol. The molecule has 5 nitrogen and oxygen atoms in total. The van der Waals surface area contributed by atoms with Gasteiger partial charge in [-0.3, -0.25) is 9.59 Å². The lowest BCUT2D eigenvalue weighted by atomic mass is 10.0.